The van der Waals surface area contributed by atoms with Gasteiger partial charge in [-0.25, -0.2) is 0 Å². The minimum absolute atomic E-state index is 0.170. The van der Waals surface area contributed by atoms with Crippen LogP contribution in [0.5, 0.6) is 0 Å². The van der Waals surface area contributed by atoms with Gasteiger partial charge in [0, 0.05) is 17.3 Å². The molecule has 0 heteroatoms. The van der Waals surface area contributed by atoms with E-state index < -0.39 is 0 Å². The van der Waals surface area contributed by atoms with Crippen molar-refractivity contribution in [2.45, 2.75) is 44.4 Å². The van der Waals surface area contributed by atoms with Crippen LogP contribution in [0, 0.1) is 5.92 Å². The smallest absolute Gasteiger partial charge is 0.0252 e. The summed E-state index contributed by atoms with van der Waals surface area (Å²) >= 11 is 0. The fourth-order valence-corrected chi connectivity index (χ4v) is 6.73. The first-order chi connectivity index (χ1) is 16.6. The van der Waals surface area contributed by atoms with E-state index in [1.165, 1.54) is 45.4 Å². The van der Waals surface area contributed by atoms with Crippen molar-refractivity contribution in [3.05, 3.63) is 137 Å². The molecule has 0 saturated carbocycles. The van der Waals surface area contributed by atoms with Gasteiger partial charge in [0.1, 0.15) is 0 Å². The van der Waals surface area contributed by atoms with E-state index in [-0.39, 0.29) is 11.3 Å². The first kappa shape index (κ1) is 21.2. The van der Waals surface area contributed by atoms with Crippen LogP contribution in [0.25, 0.3) is 17.2 Å². The Labute approximate surface area is 204 Å². The first-order valence-corrected chi connectivity index (χ1v) is 12.7. The zero-order valence-corrected chi connectivity index (χ0v) is 20.3. The lowest BCUT2D eigenvalue weighted by Gasteiger charge is -2.43. The highest BCUT2D eigenvalue weighted by Crippen LogP contribution is 2.61. The fraction of sp³-hybridized carbons (Fsp3) is 0.235. The van der Waals surface area contributed by atoms with Gasteiger partial charge in [0.05, 0.1) is 0 Å². The Kier molecular flexibility index (Phi) is 5.06. The molecule has 0 nitrogen and oxygen atoms in total. The minimum Gasteiger partial charge on any atom is -0.0651 e. The van der Waals surface area contributed by atoms with E-state index in [4.69, 9.17) is 0 Å². The number of fused-ring (bicyclic) bond motifs is 4. The van der Waals surface area contributed by atoms with E-state index >= 15 is 0 Å². The van der Waals surface area contributed by atoms with Crippen molar-refractivity contribution in [1.29, 1.82) is 0 Å². The van der Waals surface area contributed by atoms with Gasteiger partial charge < -0.3 is 0 Å². The van der Waals surface area contributed by atoms with Gasteiger partial charge in [-0.1, -0.05) is 142 Å². The maximum Gasteiger partial charge on any atom is 0.0252 e. The monoisotopic (exact) mass is 440 g/mol. The molecule has 3 atom stereocenters. The van der Waals surface area contributed by atoms with Crippen molar-refractivity contribution in [3.8, 4) is 11.1 Å². The van der Waals surface area contributed by atoms with Crippen LogP contribution in [0.15, 0.2) is 109 Å². The van der Waals surface area contributed by atoms with Gasteiger partial charge in [-0.15, -0.1) is 0 Å². The van der Waals surface area contributed by atoms with Crippen molar-refractivity contribution in [2.75, 3.05) is 0 Å². The topological polar surface area (TPSA) is 0 Å². The summed E-state index contributed by atoms with van der Waals surface area (Å²) in [5.74, 6) is 1.27. The molecule has 0 amide bonds. The summed E-state index contributed by atoms with van der Waals surface area (Å²) in [6.45, 7) is 7.28. The van der Waals surface area contributed by atoms with Crippen LogP contribution in [-0.4, -0.2) is 0 Å². The summed E-state index contributed by atoms with van der Waals surface area (Å²) in [6.07, 6.45) is 3.70. The number of allylic oxidation sites excluding steroid dienone is 1. The van der Waals surface area contributed by atoms with E-state index in [2.05, 4.69) is 130 Å². The van der Waals surface area contributed by atoms with Crippen LogP contribution >= 0.6 is 0 Å². The second-order valence-corrected chi connectivity index (χ2v) is 10.3. The molecule has 0 bridgehead atoms. The van der Waals surface area contributed by atoms with E-state index in [1.807, 2.05) is 0 Å². The molecule has 34 heavy (non-hydrogen) atoms. The molecular formula is C34H32. The molecule has 0 saturated heterocycles. The van der Waals surface area contributed by atoms with Crippen LogP contribution in [-0.2, 0) is 5.41 Å². The number of hydrogen-bond donors (Lipinski definition) is 0. The Balaban J connectivity index is 1.65. The normalized spacial score (nSPS) is 19.0. The van der Waals surface area contributed by atoms with Crippen molar-refractivity contribution in [1.82, 2.24) is 0 Å². The standard InChI is InChI=1S/C34H32/c1-4-23(2)32-26-17-9-8-14-24(26)22-31(32)34(3,25-15-6-5-7-16-25)33-29-20-12-10-18-27(29)28-19-11-13-21-30(28)33/h5-23,32-33H,4H2,1-3H3. The number of rotatable bonds is 5. The number of hydrogen-bond acceptors (Lipinski definition) is 0. The summed E-state index contributed by atoms with van der Waals surface area (Å²) in [5.41, 5.74) is 11.4. The third kappa shape index (κ3) is 2.98. The third-order valence-electron chi connectivity index (χ3n) is 8.57. The maximum absolute atomic E-state index is 2.53. The quantitative estimate of drug-likeness (QED) is 0.290. The molecule has 4 aromatic rings. The highest BCUT2D eigenvalue weighted by atomic mass is 14.5. The van der Waals surface area contributed by atoms with Gasteiger partial charge in [0.15, 0.2) is 0 Å². The molecule has 0 aromatic heterocycles. The molecule has 0 spiro atoms. The molecule has 0 fully saturated rings. The predicted octanol–water partition coefficient (Wildman–Crippen LogP) is 8.98. The Bertz CT molecular complexity index is 1330. The molecule has 3 unspecified atom stereocenters. The lowest BCUT2D eigenvalue weighted by molar-refractivity contribution is 0.407. The SMILES string of the molecule is CCC(C)C1C(C(C)(c2ccccc2)C2c3ccccc3-c3ccccc32)=Cc2ccccc21. The average molecular weight is 441 g/mol. The van der Waals surface area contributed by atoms with Crippen molar-refractivity contribution in [3.63, 3.8) is 0 Å². The summed E-state index contributed by atoms with van der Waals surface area (Å²) in [6, 6.07) is 38.5. The molecular weight excluding hydrogens is 408 g/mol. The van der Waals surface area contributed by atoms with Crippen LogP contribution in [0.1, 0.15) is 66.8 Å². The Morgan fingerprint density at radius 2 is 1.21 bits per heavy atom. The Morgan fingerprint density at radius 3 is 1.82 bits per heavy atom. The van der Waals surface area contributed by atoms with E-state index in [0.717, 1.165) is 0 Å². The second-order valence-electron chi connectivity index (χ2n) is 10.3. The Hall–Kier alpha value is -3.38. The zero-order valence-electron chi connectivity index (χ0n) is 20.3. The molecule has 2 aliphatic carbocycles. The van der Waals surface area contributed by atoms with Gasteiger partial charge in [-0.05, 0) is 44.9 Å². The first-order valence-electron chi connectivity index (χ1n) is 12.7. The molecule has 4 aromatic carbocycles. The third-order valence-corrected chi connectivity index (χ3v) is 8.57. The predicted molar refractivity (Wildman–Crippen MR) is 144 cm³/mol. The van der Waals surface area contributed by atoms with E-state index in [0.29, 0.717) is 11.8 Å². The molecule has 0 aliphatic heterocycles. The van der Waals surface area contributed by atoms with Crippen LogP contribution in [0.4, 0.5) is 0 Å². The van der Waals surface area contributed by atoms with Gasteiger partial charge in [-0.3, -0.25) is 0 Å². The maximum atomic E-state index is 2.53. The van der Waals surface area contributed by atoms with Crippen molar-refractivity contribution < 1.29 is 0 Å². The fourth-order valence-electron chi connectivity index (χ4n) is 6.73. The van der Waals surface area contributed by atoms with Crippen molar-refractivity contribution >= 4 is 6.08 Å². The van der Waals surface area contributed by atoms with Crippen LogP contribution in [0.2, 0.25) is 0 Å². The summed E-state index contributed by atoms with van der Waals surface area (Å²) in [5, 5.41) is 0. The second kappa shape index (κ2) is 8.13. The Morgan fingerprint density at radius 1 is 0.676 bits per heavy atom. The molecule has 168 valence electrons. The largest absolute Gasteiger partial charge is 0.0651 e. The lowest BCUT2D eigenvalue weighted by Crippen LogP contribution is -2.35. The summed E-state index contributed by atoms with van der Waals surface area (Å²) in [7, 11) is 0. The average Bonchev–Trinajstić information content (AvgIpc) is 3.45. The molecule has 0 radical (unpaired) electrons. The molecule has 0 N–H and O–H groups in total. The van der Waals surface area contributed by atoms with Crippen LogP contribution < -0.4 is 0 Å². The molecule has 0 heterocycles. The van der Waals surface area contributed by atoms with Gasteiger partial charge >= 0.3 is 0 Å². The van der Waals surface area contributed by atoms with Crippen molar-refractivity contribution in [2.24, 2.45) is 5.92 Å². The number of benzene rings is 4. The lowest BCUT2D eigenvalue weighted by atomic mass is 9.59. The summed E-state index contributed by atoms with van der Waals surface area (Å²) in [4.78, 5) is 0. The van der Waals surface area contributed by atoms with E-state index in [1.54, 1.807) is 5.57 Å². The van der Waals surface area contributed by atoms with Gasteiger partial charge in [-0.2, -0.15) is 0 Å². The zero-order chi connectivity index (χ0) is 23.3. The van der Waals surface area contributed by atoms with Gasteiger partial charge in [0.25, 0.3) is 0 Å². The van der Waals surface area contributed by atoms with Crippen LogP contribution in [0.3, 0.4) is 0 Å². The highest BCUT2D eigenvalue weighted by Gasteiger charge is 2.49. The molecule has 2 aliphatic rings. The van der Waals surface area contributed by atoms with E-state index in [9.17, 15) is 0 Å². The summed E-state index contributed by atoms with van der Waals surface area (Å²) < 4.78 is 0. The highest BCUT2D eigenvalue weighted by molar-refractivity contribution is 5.82. The molecule has 6 rings (SSSR count). The van der Waals surface area contributed by atoms with Gasteiger partial charge in [0.2, 0.25) is 0 Å². The minimum atomic E-state index is -0.170.